The number of hydrogen-bond acceptors (Lipinski definition) is 3. The maximum absolute atomic E-state index is 8.64. The van der Waals surface area contributed by atoms with Crippen LogP contribution >= 0.6 is 22.9 Å². The predicted molar refractivity (Wildman–Crippen MR) is 71.3 cm³/mol. The Morgan fingerprint density at radius 3 is 2.75 bits per heavy atom. The van der Waals surface area contributed by atoms with E-state index in [4.69, 9.17) is 16.7 Å². The predicted octanol–water partition coefficient (Wildman–Crippen LogP) is 3.60. The van der Waals surface area contributed by atoms with Gasteiger partial charge in [0, 0.05) is 12.6 Å². The second kappa shape index (κ2) is 8.07. The summed E-state index contributed by atoms with van der Waals surface area (Å²) in [4.78, 5) is 0. The maximum atomic E-state index is 8.64. The van der Waals surface area contributed by atoms with E-state index in [0.717, 1.165) is 23.7 Å². The number of rotatable bonds is 8. The Morgan fingerprint density at radius 2 is 2.12 bits per heavy atom. The zero-order valence-electron chi connectivity index (χ0n) is 9.71. The number of unbranched alkanes of at least 4 members (excludes halogenated alkanes) is 3. The minimum absolute atomic E-state index is 0.317. The SMILES string of the molecule is CC(NCCCCCCO)c1csc(Cl)c1. The van der Waals surface area contributed by atoms with E-state index in [1.165, 1.54) is 18.4 Å². The summed E-state index contributed by atoms with van der Waals surface area (Å²) in [6.07, 6.45) is 4.40. The van der Waals surface area contributed by atoms with Crippen molar-refractivity contribution in [2.45, 2.75) is 38.6 Å². The second-order valence-electron chi connectivity index (χ2n) is 4.00. The van der Waals surface area contributed by atoms with Crippen LogP contribution in [0.1, 0.15) is 44.2 Å². The van der Waals surface area contributed by atoms with Gasteiger partial charge >= 0.3 is 0 Å². The molecule has 0 radical (unpaired) electrons. The summed E-state index contributed by atoms with van der Waals surface area (Å²) in [6.45, 7) is 3.50. The standard InChI is InChI=1S/C12H20ClNOS/c1-10(11-8-12(13)16-9-11)14-6-4-2-3-5-7-15/h8-10,14-15H,2-7H2,1H3. The molecular weight excluding hydrogens is 242 g/mol. The van der Waals surface area contributed by atoms with Crippen LogP contribution in [0, 0.1) is 0 Å². The molecule has 1 aromatic rings. The highest BCUT2D eigenvalue weighted by Crippen LogP contribution is 2.24. The summed E-state index contributed by atoms with van der Waals surface area (Å²) in [6, 6.07) is 2.40. The molecule has 92 valence electrons. The van der Waals surface area contributed by atoms with Gasteiger partial charge in [-0.1, -0.05) is 24.4 Å². The fourth-order valence-electron chi connectivity index (χ4n) is 1.58. The molecule has 1 unspecified atom stereocenters. The summed E-state index contributed by atoms with van der Waals surface area (Å²) in [7, 11) is 0. The highest BCUT2D eigenvalue weighted by Gasteiger charge is 2.06. The molecule has 0 saturated heterocycles. The summed E-state index contributed by atoms with van der Waals surface area (Å²) in [5.41, 5.74) is 1.27. The molecule has 0 fully saturated rings. The highest BCUT2D eigenvalue weighted by molar-refractivity contribution is 7.14. The van der Waals surface area contributed by atoms with E-state index in [1.807, 2.05) is 6.07 Å². The van der Waals surface area contributed by atoms with Crippen LogP contribution < -0.4 is 5.32 Å². The van der Waals surface area contributed by atoms with Gasteiger partial charge in [0.15, 0.2) is 0 Å². The maximum Gasteiger partial charge on any atom is 0.0931 e. The average Bonchev–Trinajstić information content (AvgIpc) is 2.70. The van der Waals surface area contributed by atoms with E-state index in [9.17, 15) is 0 Å². The third kappa shape index (κ3) is 5.30. The fraction of sp³-hybridized carbons (Fsp3) is 0.667. The minimum atomic E-state index is 0.317. The third-order valence-electron chi connectivity index (χ3n) is 2.62. The van der Waals surface area contributed by atoms with Crippen molar-refractivity contribution in [2.75, 3.05) is 13.2 Å². The third-order valence-corrected chi connectivity index (χ3v) is 3.73. The van der Waals surface area contributed by atoms with Gasteiger partial charge in [-0.3, -0.25) is 0 Å². The number of aliphatic hydroxyl groups excluding tert-OH is 1. The van der Waals surface area contributed by atoms with Gasteiger partial charge < -0.3 is 10.4 Å². The largest absolute Gasteiger partial charge is 0.396 e. The molecule has 2 nitrogen and oxygen atoms in total. The lowest BCUT2D eigenvalue weighted by Crippen LogP contribution is -2.19. The molecule has 1 atom stereocenters. The van der Waals surface area contributed by atoms with Gasteiger partial charge in [-0.15, -0.1) is 11.3 Å². The van der Waals surface area contributed by atoms with Crippen molar-refractivity contribution in [1.82, 2.24) is 5.32 Å². The van der Waals surface area contributed by atoms with Crippen molar-refractivity contribution in [3.8, 4) is 0 Å². The molecule has 0 aliphatic rings. The Hall–Kier alpha value is -0.0900. The molecule has 1 rings (SSSR count). The van der Waals surface area contributed by atoms with Crippen LogP contribution in [-0.2, 0) is 0 Å². The van der Waals surface area contributed by atoms with Crippen molar-refractivity contribution >= 4 is 22.9 Å². The lowest BCUT2D eigenvalue weighted by molar-refractivity contribution is 0.282. The Morgan fingerprint density at radius 1 is 1.38 bits per heavy atom. The minimum Gasteiger partial charge on any atom is -0.396 e. The van der Waals surface area contributed by atoms with Gasteiger partial charge in [0.25, 0.3) is 0 Å². The summed E-state index contributed by atoms with van der Waals surface area (Å²) >= 11 is 7.47. The first-order valence-corrected chi connectivity index (χ1v) is 7.08. The zero-order valence-corrected chi connectivity index (χ0v) is 11.3. The van der Waals surface area contributed by atoms with Crippen LogP contribution in [0.2, 0.25) is 4.34 Å². The number of nitrogens with one attached hydrogen (secondary N) is 1. The van der Waals surface area contributed by atoms with Crippen molar-refractivity contribution in [1.29, 1.82) is 0 Å². The molecule has 0 aliphatic heterocycles. The Bertz CT molecular complexity index is 290. The molecule has 2 N–H and O–H groups in total. The van der Waals surface area contributed by atoms with E-state index < -0.39 is 0 Å². The Balaban J connectivity index is 2.09. The van der Waals surface area contributed by atoms with Crippen molar-refractivity contribution in [3.63, 3.8) is 0 Å². The molecule has 0 saturated carbocycles. The lowest BCUT2D eigenvalue weighted by Gasteiger charge is -2.11. The number of thiophene rings is 1. The van der Waals surface area contributed by atoms with E-state index in [2.05, 4.69) is 17.6 Å². The quantitative estimate of drug-likeness (QED) is 0.701. The van der Waals surface area contributed by atoms with Crippen LogP contribution in [0.4, 0.5) is 0 Å². The first-order chi connectivity index (χ1) is 7.74. The van der Waals surface area contributed by atoms with Gasteiger partial charge in [0.1, 0.15) is 0 Å². The van der Waals surface area contributed by atoms with Gasteiger partial charge in [-0.25, -0.2) is 0 Å². The fourth-order valence-corrected chi connectivity index (χ4v) is 2.56. The van der Waals surface area contributed by atoms with Crippen LogP contribution in [0.5, 0.6) is 0 Å². The summed E-state index contributed by atoms with van der Waals surface area (Å²) in [5.74, 6) is 0. The van der Waals surface area contributed by atoms with Crippen LogP contribution in [0.3, 0.4) is 0 Å². The smallest absolute Gasteiger partial charge is 0.0931 e. The number of hydrogen-bond donors (Lipinski definition) is 2. The highest BCUT2D eigenvalue weighted by atomic mass is 35.5. The molecule has 1 aromatic heterocycles. The van der Waals surface area contributed by atoms with Crippen molar-refractivity contribution in [2.24, 2.45) is 0 Å². The zero-order chi connectivity index (χ0) is 11.8. The van der Waals surface area contributed by atoms with Crippen molar-refractivity contribution < 1.29 is 5.11 Å². The average molecular weight is 262 g/mol. The first-order valence-electron chi connectivity index (χ1n) is 5.82. The Kier molecular flexibility index (Phi) is 7.05. The van der Waals surface area contributed by atoms with E-state index in [1.54, 1.807) is 11.3 Å². The molecule has 0 bridgehead atoms. The molecular formula is C12H20ClNOS. The van der Waals surface area contributed by atoms with Crippen LogP contribution in [-0.4, -0.2) is 18.3 Å². The molecule has 0 spiro atoms. The normalized spacial score (nSPS) is 12.9. The monoisotopic (exact) mass is 261 g/mol. The van der Waals surface area contributed by atoms with E-state index in [0.29, 0.717) is 12.6 Å². The molecule has 1 heterocycles. The Labute approximate surface area is 107 Å². The van der Waals surface area contributed by atoms with Crippen LogP contribution in [0.25, 0.3) is 0 Å². The first kappa shape index (κ1) is 14.0. The van der Waals surface area contributed by atoms with Gasteiger partial charge in [-0.05, 0) is 43.3 Å². The lowest BCUT2D eigenvalue weighted by atomic mass is 10.1. The van der Waals surface area contributed by atoms with Gasteiger partial charge in [-0.2, -0.15) is 0 Å². The molecule has 4 heteroatoms. The number of halogens is 1. The molecule has 16 heavy (non-hydrogen) atoms. The molecule has 0 aromatic carbocycles. The van der Waals surface area contributed by atoms with Gasteiger partial charge in [0.2, 0.25) is 0 Å². The van der Waals surface area contributed by atoms with E-state index >= 15 is 0 Å². The topological polar surface area (TPSA) is 32.3 Å². The number of aliphatic hydroxyl groups is 1. The molecule has 0 aliphatic carbocycles. The van der Waals surface area contributed by atoms with Crippen LogP contribution in [0.15, 0.2) is 11.4 Å². The summed E-state index contributed by atoms with van der Waals surface area (Å²) < 4.78 is 0.853. The second-order valence-corrected chi connectivity index (χ2v) is 5.54. The van der Waals surface area contributed by atoms with E-state index in [-0.39, 0.29) is 0 Å². The summed E-state index contributed by atoms with van der Waals surface area (Å²) in [5, 5.41) is 14.2. The van der Waals surface area contributed by atoms with Gasteiger partial charge in [0.05, 0.1) is 4.34 Å². The van der Waals surface area contributed by atoms with Crippen molar-refractivity contribution in [3.05, 3.63) is 21.3 Å². The molecule has 0 amide bonds.